The SMILES string of the molecule is CCc1ccccc1CNc1cc2c(cc1Cl)OCCO2. The summed E-state index contributed by atoms with van der Waals surface area (Å²) in [5, 5.41) is 4.03. The number of hydrogen-bond donors (Lipinski definition) is 1. The molecule has 1 aliphatic heterocycles. The maximum atomic E-state index is 6.30. The molecule has 0 atom stereocenters. The van der Waals surface area contributed by atoms with E-state index in [1.54, 1.807) is 0 Å². The lowest BCUT2D eigenvalue weighted by Gasteiger charge is -2.20. The number of nitrogens with one attached hydrogen (secondary N) is 1. The van der Waals surface area contributed by atoms with Gasteiger partial charge in [-0.3, -0.25) is 0 Å². The summed E-state index contributed by atoms with van der Waals surface area (Å²) in [6, 6.07) is 12.1. The monoisotopic (exact) mass is 303 g/mol. The summed E-state index contributed by atoms with van der Waals surface area (Å²) in [4.78, 5) is 0. The van der Waals surface area contributed by atoms with Gasteiger partial charge in [-0.2, -0.15) is 0 Å². The fourth-order valence-electron chi connectivity index (χ4n) is 2.46. The Kier molecular flexibility index (Phi) is 4.20. The number of hydrogen-bond acceptors (Lipinski definition) is 3. The Morgan fingerprint density at radius 1 is 1.05 bits per heavy atom. The number of benzene rings is 2. The summed E-state index contributed by atoms with van der Waals surface area (Å²) in [6.45, 7) is 4.05. The molecule has 0 aliphatic carbocycles. The zero-order valence-electron chi connectivity index (χ0n) is 12.0. The van der Waals surface area contributed by atoms with Crippen LogP contribution in [0.15, 0.2) is 36.4 Å². The van der Waals surface area contributed by atoms with Gasteiger partial charge in [0.25, 0.3) is 0 Å². The van der Waals surface area contributed by atoms with Crippen LogP contribution in [0, 0.1) is 0 Å². The molecule has 2 aromatic carbocycles. The normalized spacial score (nSPS) is 13.0. The third-order valence-electron chi connectivity index (χ3n) is 3.60. The second-order valence-corrected chi connectivity index (χ2v) is 5.36. The number of aryl methyl sites for hydroxylation is 1. The molecule has 3 nitrogen and oxygen atoms in total. The van der Waals surface area contributed by atoms with Gasteiger partial charge in [0, 0.05) is 18.7 Å². The molecule has 0 unspecified atom stereocenters. The first-order valence-electron chi connectivity index (χ1n) is 7.17. The van der Waals surface area contributed by atoms with E-state index < -0.39 is 0 Å². The van der Waals surface area contributed by atoms with Gasteiger partial charge in [-0.15, -0.1) is 0 Å². The highest BCUT2D eigenvalue weighted by Crippen LogP contribution is 2.38. The van der Waals surface area contributed by atoms with Crippen LogP contribution >= 0.6 is 11.6 Å². The molecule has 110 valence electrons. The zero-order valence-corrected chi connectivity index (χ0v) is 12.7. The summed E-state index contributed by atoms with van der Waals surface area (Å²) < 4.78 is 11.1. The minimum absolute atomic E-state index is 0.569. The van der Waals surface area contributed by atoms with Crippen LogP contribution in [0.25, 0.3) is 0 Å². The van der Waals surface area contributed by atoms with E-state index in [-0.39, 0.29) is 0 Å². The molecule has 0 bridgehead atoms. The van der Waals surface area contributed by atoms with Crippen molar-refractivity contribution >= 4 is 17.3 Å². The van der Waals surface area contributed by atoms with E-state index in [4.69, 9.17) is 21.1 Å². The Morgan fingerprint density at radius 2 is 1.71 bits per heavy atom. The molecule has 0 fully saturated rings. The van der Waals surface area contributed by atoms with Crippen LogP contribution in [0.5, 0.6) is 11.5 Å². The van der Waals surface area contributed by atoms with Crippen molar-refractivity contribution in [1.29, 1.82) is 0 Å². The topological polar surface area (TPSA) is 30.5 Å². The van der Waals surface area contributed by atoms with Gasteiger partial charge in [-0.1, -0.05) is 42.8 Å². The highest BCUT2D eigenvalue weighted by Gasteiger charge is 2.15. The Bertz CT molecular complexity index is 643. The first-order chi connectivity index (χ1) is 10.3. The quantitative estimate of drug-likeness (QED) is 0.914. The largest absolute Gasteiger partial charge is 0.486 e. The molecule has 0 radical (unpaired) electrons. The van der Waals surface area contributed by atoms with Crippen molar-refractivity contribution in [2.24, 2.45) is 0 Å². The third-order valence-corrected chi connectivity index (χ3v) is 3.91. The Labute approximate surface area is 129 Å². The van der Waals surface area contributed by atoms with Crippen LogP contribution in [0.1, 0.15) is 18.1 Å². The smallest absolute Gasteiger partial charge is 0.163 e. The van der Waals surface area contributed by atoms with Crippen LogP contribution in [-0.4, -0.2) is 13.2 Å². The van der Waals surface area contributed by atoms with Crippen molar-refractivity contribution in [1.82, 2.24) is 0 Å². The summed E-state index contributed by atoms with van der Waals surface area (Å²) >= 11 is 6.30. The van der Waals surface area contributed by atoms with Crippen LogP contribution in [0.4, 0.5) is 5.69 Å². The second-order valence-electron chi connectivity index (χ2n) is 4.95. The Balaban J connectivity index is 1.79. The van der Waals surface area contributed by atoms with Gasteiger partial charge in [0.15, 0.2) is 11.5 Å². The van der Waals surface area contributed by atoms with Crippen molar-refractivity contribution in [2.45, 2.75) is 19.9 Å². The van der Waals surface area contributed by atoms with Crippen molar-refractivity contribution < 1.29 is 9.47 Å². The number of ether oxygens (including phenoxy) is 2. The van der Waals surface area contributed by atoms with Crippen LogP contribution in [0.3, 0.4) is 0 Å². The predicted octanol–water partition coefficient (Wildman–Crippen LogP) is 4.29. The van der Waals surface area contributed by atoms with Gasteiger partial charge in [-0.05, 0) is 17.5 Å². The lowest BCUT2D eigenvalue weighted by Crippen LogP contribution is -2.15. The van der Waals surface area contributed by atoms with Crippen LogP contribution in [0.2, 0.25) is 5.02 Å². The molecular weight excluding hydrogens is 286 g/mol. The maximum absolute atomic E-state index is 6.30. The van der Waals surface area contributed by atoms with Crippen molar-refractivity contribution in [3.8, 4) is 11.5 Å². The summed E-state index contributed by atoms with van der Waals surface area (Å²) in [6.07, 6.45) is 1.02. The van der Waals surface area contributed by atoms with Gasteiger partial charge in [0.05, 0.1) is 10.7 Å². The van der Waals surface area contributed by atoms with Crippen molar-refractivity contribution in [2.75, 3.05) is 18.5 Å². The minimum atomic E-state index is 0.569. The van der Waals surface area contributed by atoms with Gasteiger partial charge in [0.1, 0.15) is 13.2 Å². The number of halogens is 1. The lowest BCUT2D eigenvalue weighted by molar-refractivity contribution is 0.171. The van der Waals surface area contributed by atoms with Crippen LogP contribution < -0.4 is 14.8 Å². The molecule has 0 spiro atoms. The average molecular weight is 304 g/mol. The molecular formula is C17H18ClNO2. The molecule has 21 heavy (non-hydrogen) atoms. The van der Waals surface area contributed by atoms with E-state index >= 15 is 0 Å². The molecule has 2 aromatic rings. The van der Waals surface area contributed by atoms with E-state index in [0.29, 0.717) is 24.0 Å². The molecule has 0 saturated carbocycles. The standard InChI is InChI=1S/C17H18ClNO2/c1-2-12-5-3-4-6-13(12)11-19-15-10-17-16(9-14(15)18)20-7-8-21-17/h3-6,9-10,19H,2,7-8,11H2,1H3. The van der Waals surface area contributed by atoms with Gasteiger partial charge in [-0.25, -0.2) is 0 Å². The molecule has 0 amide bonds. The van der Waals surface area contributed by atoms with E-state index in [1.807, 2.05) is 12.1 Å². The van der Waals surface area contributed by atoms with Gasteiger partial charge < -0.3 is 14.8 Å². The van der Waals surface area contributed by atoms with Gasteiger partial charge in [0.2, 0.25) is 0 Å². The lowest BCUT2D eigenvalue weighted by atomic mass is 10.1. The zero-order chi connectivity index (χ0) is 14.7. The Hall–Kier alpha value is -1.87. The van der Waals surface area contributed by atoms with E-state index in [1.165, 1.54) is 11.1 Å². The molecule has 1 heterocycles. The number of fused-ring (bicyclic) bond motifs is 1. The summed E-state index contributed by atoms with van der Waals surface area (Å²) in [5.41, 5.74) is 3.50. The number of rotatable bonds is 4. The fourth-order valence-corrected chi connectivity index (χ4v) is 2.69. The molecule has 1 aliphatic rings. The predicted molar refractivity (Wildman–Crippen MR) is 85.6 cm³/mol. The number of anilines is 1. The average Bonchev–Trinajstić information content (AvgIpc) is 2.53. The maximum Gasteiger partial charge on any atom is 0.163 e. The van der Waals surface area contributed by atoms with Crippen molar-refractivity contribution in [3.63, 3.8) is 0 Å². The van der Waals surface area contributed by atoms with Gasteiger partial charge >= 0.3 is 0 Å². The summed E-state index contributed by atoms with van der Waals surface area (Å²) in [5.74, 6) is 1.46. The molecule has 3 rings (SSSR count). The highest BCUT2D eigenvalue weighted by atomic mass is 35.5. The Morgan fingerprint density at radius 3 is 2.43 bits per heavy atom. The fraction of sp³-hybridized carbons (Fsp3) is 0.294. The third kappa shape index (κ3) is 3.08. The van der Waals surface area contributed by atoms with E-state index in [9.17, 15) is 0 Å². The van der Waals surface area contributed by atoms with E-state index in [0.717, 1.165) is 24.4 Å². The minimum Gasteiger partial charge on any atom is -0.486 e. The molecule has 1 N–H and O–H groups in total. The molecule has 0 saturated heterocycles. The second kappa shape index (κ2) is 6.27. The van der Waals surface area contributed by atoms with Crippen LogP contribution in [-0.2, 0) is 13.0 Å². The summed E-state index contributed by atoms with van der Waals surface area (Å²) in [7, 11) is 0. The first kappa shape index (κ1) is 14.1. The van der Waals surface area contributed by atoms with E-state index in [2.05, 4.69) is 36.5 Å². The van der Waals surface area contributed by atoms with Crippen molar-refractivity contribution in [3.05, 3.63) is 52.5 Å². The highest BCUT2D eigenvalue weighted by molar-refractivity contribution is 6.33. The molecule has 0 aromatic heterocycles. The molecule has 4 heteroatoms. The first-order valence-corrected chi connectivity index (χ1v) is 7.55.